The number of piperazine rings is 1. The van der Waals surface area contributed by atoms with E-state index < -0.39 is 41.4 Å². The number of nitrogens with zero attached hydrogens (tertiary/aromatic N) is 10. The van der Waals surface area contributed by atoms with Crippen molar-refractivity contribution in [3.05, 3.63) is 114 Å². The van der Waals surface area contributed by atoms with Gasteiger partial charge in [-0.3, -0.25) is 43.3 Å². The van der Waals surface area contributed by atoms with Crippen molar-refractivity contribution in [1.29, 1.82) is 0 Å². The summed E-state index contributed by atoms with van der Waals surface area (Å²) >= 11 is 0. The lowest BCUT2D eigenvalue weighted by Gasteiger charge is -2.33. The van der Waals surface area contributed by atoms with E-state index in [2.05, 4.69) is 62.4 Å². The predicted octanol–water partition coefficient (Wildman–Crippen LogP) is 0.826. The highest BCUT2D eigenvalue weighted by Crippen LogP contribution is 2.18. The summed E-state index contributed by atoms with van der Waals surface area (Å²) in [5, 5.41) is 21.3. The number of anilines is 4. The molecule has 1 fully saturated rings. The predicted molar refractivity (Wildman–Crippen MR) is 315 cm³/mol. The first-order chi connectivity index (χ1) is 41.9. The van der Waals surface area contributed by atoms with E-state index in [4.69, 9.17) is 18.9 Å². The van der Waals surface area contributed by atoms with Gasteiger partial charge in [0.1, 0.15) is 18.0 Å². The zero-order chi connectivity index (χ0) is 62.2. The molecule has 0 bridgehead atoms. The maximum absolute atomic E-state index is 13.2. The second kappa shape index (κ2) is 32.5. The van der Waals surface area contributed by atoms with Crippen LogP contribution in [0.4, 0.5) is 27.8 Å². The number of aryl methyl sites for hydroxylation is 5. The molecule has 1 aromatic carbocycles. The summed E-state index contributed by atoms with van der Waals surface area (Å²) in [6, 6.07) is 12.5. The normalized spacial score (nSPS) is 12.3. The second-order valence-corrected chi connectivity index (χ2v) is 20.0. The van der Waals surface area contributed by atoms with Crippen LogP contribution in [0.5, 0.6) is 0 Å². The minimum Gasteiger partial charge on any atom is -0.445 e. The van der Waals surface area contributed by atoms with Gasteiger partial charge in [0.25, 0.3) is 29.5 Å². The first kappa shape index (κ1) is 64.8. The number of benzene rings is 1. The summed E-state index contributed by atoms with van der Waals surface area (Å²) in [5.41, 5.74) is 2.02. The van der Waals surface area contributed by atoms with Gasteiger partial charge in [0.2, 0.25) is 29.4 Å². The maximum atomic E-state index is 13.2. The number of aromatic nitrogens is 8. The van der Waals surface area contributed by atoms with Gasteiger partial charge in [-0.05, 0) is 17.7 Å². The Hall–Kier alpha value is -9.72. The van der Waals surface area contributed by atoms with E-state index in [1.165, 1.54) is 55.2 Å². The fourth-order valence-electron chi connectivity index (χ4n) is 8.74. The molecule has 0 atom stereocenters. The number of amides is 9. The van der Waals surface area contributed by atoms with E-state index in [0.29, 0.717) is 51.8 Å². The molecule has 0 aliphatic carbocycles. The summed E-state index contributed by atoms with van der Waals surface area (Å²) in [6.45, 7) is 6.31. The Morgan fingerprint density at radius 3 is 1.52 bits per heavy atom. The second-order valence-electron chi connectivity index (χ2n) is 20.0. The van der Waals surface area contributed by atoms with Gasteiger partial charge in [-0.25, -0.2) is 19.7 Å². The van der Waals surface area contributed by atoms with Gasteiger partial charge in [-0.15, -0.1) is 0 Å². The Bertz CT molecular complexity index is 3340. The average Bonchev–Trinajstić information content (AvgIpc) is 3.49. The van der Waals surface area contributed by atoms with Gasteiger partial charge in [-0.2, -0.15) is 0 Å². The Morgan fingerprint density at radius 2 is 0.977 bits per heavy atom. The first-order valence-corrected chi connectivity index (χ1v) is 28.0. The number of imidazole rings is 3. The van der Waals surface area contributed by atoms with Gasteiger partial charge >= 0.3 is 6.09 Å². The van der Waals surface area contributed by atoms with Crippen LogP contribution in [0.15, 0.2) is 79.6 Å². The smallest absolute Gasteiger partial charge is 0.410 e. The van der Waals surface area contributed by atoms with Crippen LogP contribution in [0.3, 0.4) is 0 Å². The van der Waals surface area contributed by atoms with Crippen LogP contribution in [-0.2, 0) is 75.2 Å². The van der Waals surface area contributed by atoms with Gasteiger partial charge in [0, 0.05) is 151 Å². The van der Waals surface area contributed by atoms with Crippen molar-refractivity contribution in [3.8, 4) is 0 Å². The van der Waals surface area contributed by atoms with Crippen molar-refractivity contribution < 1.29 is 62.1 Å². The Morgan fingerprint density at radius 1 is 0.483 bits per heavy atom. The number of rotatable bonds is 32. The fourth-order valence-corrected chi connectivity index (χ4v) is 8.74. The molecule has 0 unspecified atom stereocenters. The fraction of sp³-hybridized carbons (Fsp3) is 0.429. The highest BCUT2D eigenvalue weighted by atomic mass is 16.6. The molecular formula is C56H74N18O13. The molecule has 5 aromatic heterocycles. The number of hydrogen-bond donors (Lipinski definition) is 8. The third-order valence-electron chi connectivity index (χ3n) is 13.3. The summed E-state index contributed by atoms with van der Waals surface area (Å²) in [6.07, 6.45) is 8.56. The van der Waals surface area contributed by atoms with Crippen molar-refractivity contribution in [2.24, 2.45) is 35.2 Å². The maximum Gasteiger partial charge on any atom is 0.410 e. The average molecular weight is 1210 g/mol. The van der Waals surface area contributed by atoms with Gasteiger partial charge in [0.05, 0.1) is 51.0 Å². The Labute approximate surface area is 500 Å². The SMILES string of the molecule is Cn1cc(NC(=O)c2nc(NC(=O)CCNC(=O)c3cc(NC(=O)c4nccn4C)cn3C)cn2C)cc1C(=O)NCCC(=O)Nc1cn(C)c(C(=O)NCCC(=O)NCCOCCOCCOCCN2CCN(C(=O)OCc3ccccc3)CC2)n1. The summed E-state index contributed by atoms with van der Waals surface area (Å²) in [7, 11) is 8.05. The first-order valence-electron chi connectivity index (χ1n) is 28.0. The van der Waals surface area contributed by atoms with Crippen molar-refractivity contribution in [2.45, 2.75) is 25.9 Å². The summed E-state index contributed by atoms with van der Waals surface area (Å²) < 4.78 is 29.6. The van der Waals surface area contributed by atoms with Gasteiger partial charge < -0.3 is 89.2 Å². The molecule has 466 valence electrons. The van der Waals surface area contributed by atoms with E-state index in [0.717, 1.165) is 25.2 Å². The van der Waals surface area contributed by atoms with E-state index in [1.807, 2.05) is 30.3 Å². The number of carbonyl (C=O) groups excluding carboxylic acids is 9. The lowest BCUT2D eigenvalue weighted by Crippen LogP contribution is -2.49. The monoisotopic (exact) mass is 1210 g/mol. The molecule has 8 N–H and O–H groups in total. The third-order valence-corrected chi connectivity index (χ3v) is 13.3. The molecule has 0 radical (unpaired) electrons. The quantitative estimate of drug-likeness (QED) is 0.0271. The Kier molecular flexibility index (Phi) is 24.2. The Balaban J connectivity index is 0.689. The highest BCUT2D eigenvalue weighted by Gasteiger charge is 2.24. The molecule has 0 spiro atoms. The van der Waals surface area contributed by atoms with Crippen LogP contribution in [-0.4, -0.2) is 199 Å². The minimum atomic E-state index is -0.635. The number of nitrogens with one attached hydrogen (secondary N) is 8. The van der Waals surface area contributed by atoms with Crippen molar-refractivity contribution in [1.82, 2.24) is 68.9 Å². The van der Waals surface area contributed by atoms with Crippen LogP contribution in [0, 0.1) is 0 Å². The third kappa shape index (κ3) is 20.2. The van der Waals surface area contributed by atoms with Crippen LogP contribution >= 0.6 is 0 Å². The molecule has 31 nitrogen and oxygen atoms in total. The zero-order valence-corrected chi connectivity index (χ0v) is 49.2. The number of carbonyl (C=O) groups is 9. The standard InChI is InChI=1S/C56H74N18O13/c1-68-19-17-58-48(68)54(81)62-39-31-41(69(2)33-39)51(78)59-16-13-47(77)65-44-36-72(5)50(67-44)55(82)63-40-32-42(70(3)34-40)52(79)60-15-12-46(76)64-43-35-71(4)49(66-43)53(80)61-14-11-45(75)57-18-25-84-27-29-86-30-28-85-26-24-73-20-22-74(23-21-73)56(83)87-37-38-9-7-6-8-10-38/h6-10,17,19,31-36H,11-16,18,20-30,37H2,1-5H3,(H,57,75)(H,59,78)(H,60,79)(H,61,80)(H,62,81)(H,63,82)(H,64,76)(H,65,77). The molecular weight excluding hydrogens is 1130 g/mol. The molecule has 0 saturated carbocycles. The number of ether oxygens (including phenoxy) is 4. The van der Waals surface area contributed by atoms with Gasteiger partial charge in [0.15, 0.2) is 17.5 Å². The lowest BCUT2D eigenvalue weighted by molar-refractivity contribution is -0.121. The van der Waals surface area contributed by atoms with Crippen molar-refractivity contribution in [3.63, 3.8) is 0 Å². The van der Waals surface area contributed by atoms with Gasteiger partial charge in [-0.1, -0.05) is 30.3 Å². The molecule has 1 aliphatic rings. The summed E-state index contributed by atoms with van der Waals surface area (Å²) in [5.74, 6) is -3.57. The highest BCUT2D eigenvalue weighted by molar-refractivity contribution is 6.04. The topological polar surface area (TPSA) is 357 Å². The lowest BCUT2D eigenvalue weighted by atomic mass is 10.2. The summed E-state index contributed by atoms with van der Waals surface area (Å²) in [4.78, 5) is 131. The molecule has 6 aromatic rings. The molecule has 1 saturated heterocycles. The van der Waals surface area contributed by atoms with Crippen LogP contribution in [0.2, 0.25) is 0 Å². The molecule has 31 heteroatoms. The van der Waals surface area contributed by atoms with E-state index in [1.54, 1.807) is 57.1 Å². The minimum absolute atomic E-state index is 0.00352. The van der Waals surface area contributed by atoms with Crippen molar-refractivity contribution in [2.75, 3.05) is 120 Å². The van der Waals surface area contributed by atoms with E-state index in [-0.39, 0.29) is 117 Å². The van der Waals surface area contributed by atoms with Crippen LogP contribution in [0.1, 0.15) is 77.7 Å². The zero-order valence-electron chi connectivity index (χ0n) is 49.2. The van der Waals surface area contributed by atoms with E-state index >= 15 is 0 Å². The molecule has 6 heterocycles. The molecule has 9 amide bonds. The molecule has 1 aliphatic heterocycles. The van der Waals surface area contributed by atoms with Crippen LogP contribution in [0.25, 0.3) is 0 Å². The van der Waals surface area contributed by atoms with Crippen LogP contribution < -0.4 is 42.5 Å². The number of hydrogen-bond acceptors (Lipinski definition) is 17. The van der Waals surface area contributed by atoms with Crippen molar-refractivity contribution >= 4 is 76.4 Å². The molecule has 87 heavy (non-hydrogen) atoms. The van der Waals surface area contributed by atoms with E-state index in [9.17, 15) is 43.2 Å². The largest absolute Gasteiger partial charge is 0.445 e. The molecule has 7 rings (SSSR count).